The molecular formula is C20H27N3O5S. The minimum atomic E-state index is -0.772. The maximum atomic E-state index is 13.0. The van der Waals surface area contributed by atoms with Crippen molar-refractivity contribution in [3.8, 4) is 0 Å². The van der Waals surface area contributed by atoms with Gasteiger partial charge in [-0.25, -0.2) is 9.78 Å². The third-order valence-electron chi connectivity index (χ3n) is 4.12. The Morgan fingerprint density at radius 1 is 1.28 bits per heavy atom. The molecule has 1 aromatic carbocycles. The fourth-order valence-corrected chi connectivity index (χ4v) is 3.56. The van der Waals surface area contributed by atoms with Crippen molar-refractivity contribution >= 4 is 34.5 Å². The Kier molecular flexibility index (Phi) is 7.80. The van der Waals surface area contributed by atoms with Crippen LogP contribution in [0.3, 0.4) is 0 Å². The molecule has 2 rings (SSSR count). The van der Waals surface area contributed by atoms with E-state index in [1.807, 2.05) is 13.8 Å². The number of benzene rings is 1. The molecule has 0 fully saturated rings. The van der Waals surface area contributed by atoms with Crippen LogP contribution in [0.1, 0.15) is 38.1 Å². The van der Waals surface area contributed by atoms with Crippen LogP contribution in [-0.2, 0) is 16.1 Å². The molecule has 0 radical (unpaired) electrons. The van der Waals surface area contributed by atoms with Crippen LogP contribution in [0.4, 0.5) is 0 Å². The number of hydrogen-bond acceptors (Lipinski definition) is 7. The van der Waals surface area contributed by atoms with Crippen molar-refractivity contribution in [1.29, 1.82) is 0 Å². The van der Waals surface area contributed by atoms with Gasteiger partial charge in [0.1, 0.15) is 0 Å². The lowest BCUT2D eigenvalue weighted by Gasteiger charge is -2.18. The van der Waals surface area contributed by atoms with E-state index in [4.69, 9.17) is 4.74 Å². The molecule has 158 valence electrons. The number of carbonyl (C=O) groups is 2. The number of fused-ring (bicyclic) bond motifs is 1. The average Bonchev–Trinajstić information content (AvgIpc) is 2.67. The van der Waals surface area contributed by atoms with Crippen LogP contribution in [0.15, 0.2) is 28.2 Å². The number of aliphatic hydroxyl groups is 1. The maximum absolute atomic E-state index is 13.0. The largest absolute Gasteiger partial charge is 0.465 e. The standard InChI is InChI=1S/C20H27N3O5S/c1-11(2)9-21-17(25)13(4)29-20-22-16-8-14(19(27)28-5)6-7-15(16)18(26)23(20)10-12(3)24/h6-8,11-13,24H,9-10H2,1-5H3,(H,21,25)/t12-,13+/m1/s1. The van der Waals surface area contributed by atoms with Crippen molar-refractivity contribution in [3.63, 3.8) is 0 Å². The summed E-state index contributed by atoms with van der Waals surface area (Å²) >= 11 is 1.13. The highest BCUT2D eigenvalue weighted by Gasteiger charge is 2.21. The molecule has 0 unspecified atom stereocenters. The molecule has 0 bridgehead atoms. The number of aliphatic hydroxyl groups excluding tert-OH is 1. The number of rotatable bonds is 8. The van der Waals surface area contributed by atoms with Crippen molar-refractivity contribution in [1.82, 2.24) is 14.9 Å². The van der Waals surface area contributed by atoms with Gasteiger partial charge in [-0.2, -0.15) is 0 Å². The molecule has 29 heavy (non-hydrogen) atoms. The van der Waals surface area contributed by atoms with Crippen LogP contribution >= 0.6 is 11.8 Å². The average molecular weight is 422 g/mol. The van der Waals surface area contributed by atoms with Gasteiger partial charge in [0.2, 0.25) is 5.91 Å². The third-order valence-corrected chi connectivity index (χ3v) is 5.21. The van der Waals surface area contributed by atoms with Gasteiger partial charge in [0.05, 0.1) is 41.5 Å². The summed E-state index contributed by atoms with van der Waals surface area (Å²) in [6.07, 6.45) is -0.772. The number of hydrogen-bond donors (Lipinski definition) is 2. The highest BCUT2D eigenvalue weighted by Crippen LogP contribution is 2.23. The Labute approximate surface area is 173 Å². The molecule has 9 heteroatoms. The molecule has 0 aliphatic rings. The Morgan fingerprint density at radius 2 is 1.97 bits per heavy atom. The fraction of sp³-hybridized carbons (Fsp3) is 0.500. The highest BCUT2D eigenvalue weighted by molar-refractivity contribution is 8.00. The summed E-state index contributed by atoms with van der Waals surface area (Å²) in [5, 5.41) is 12.8. The molecule has 1 aromatic heterocycles. The van der Waals surface area contributed by atoms with Crippen LogP contribution in [0.25, 0.3) is 10.9 Å². The topological polar surface area (TPSA) is 111 Å². The van der Waals surface area contributed by atoms with E-state index in [0.717, 1.165) is 11.8 Å². The van der Waals surface area contributed by atoms with Crippen LogP contribution in [0, 0.1) is 5.92 Å². The number of nitrogens with one attached hydrogen (secondary N) is 1. The molecule has 0 saturated carbocycles. The van der Waals surface area contributed by atoms with E-state index in [1.54, 1.807) is 13.8 Å². The highest BCUT2D eigenvalue weighted by atomic mass is 32.2. The van der Waals surface area contributed by atoms with E-state index in [2.05, 4.69) is 10.3 Å². The predicted octanol–water partition coefficient (Wildman–Crippen LogP) is 1.82. The predicted molar refractivity (Wildman–Crippen MR) is 112 cm³/mol. The molecule has 1 amide bonds. The van der Waals surface area contributed by atoms with Gasteiger partial charge in [0.15, 0.2) is 5.16 Å². The van der Waals surface area contributed by atoms with Gasteiger partial charge in [-0.3, -0.25) is 14.2 Å². The molecule has 0 aliphatic carbocycles. The Hall–Kier alpha value is -2.39. The number of methoxy groups -OCH3 is 1. The van der Waals surface area contributed by atoms with Crippen LogP contribution in [-0.4, -0.2) is 51.5 Å². The minimum Gasteiger partial charge on any atom is -0.465 e. The monoisotopic (exact) mass is 421 g/mol. The van der Waals surface area contributed by atoms with E-state index < -0.39 is 17.3 Å². The molecule has 2 atom stereocenters. The zero-order valence-corrected chi connectivity index (χ0v) is 18.1. The number of ether oxygens (including phenoxy) is 1. The quantitative estimate of drug-likeness (QED) is 0.380. The second-order valence-electron chi connectivity index (χ2n) is 7.28. The summed E-state index contributed by atoms with van der Waals surface area (Å²) < 4.78 is 6.09. The number of carbonyl (C=O) groups excluding carboxylic acids is 2. The molecular weight excluding hydrogens is 394 g/mol. The molecule has 1 heterocycles. The van der Waals surface area contributed by atoms with Crippen molar-refractivity contribution in [2.45, 2.75) is 50.8 Å². The third kappa shape index (κ3) is 5.80. The van der Waals surface area contributed by atoms with Gasteiger partial charge >= 0.3 is 5.97 Å². The summed E-state index contributed by atoms with van der Waals surface area (Å²) in [6, 6.07) is 4.50. The van der Waals surface area contributed by atoms with Gasteiger partial charge in [-0.15, -0.1) is 0 Å². The number of amides is 1. The number of esters is 1. The second-order valence-corrected chi connectivity index (χ2v) is 8.59. The number of thioether (sulfide) groups is 1. The van der Waals surface area contributed by atoms with Crippen molar-refractivity contribution in [2.24, 2.45) is 5.92 Å². The summed E-state index contributed by atoms with van der Waals surface area (Å²) in [4.78, 5) is 41.7. The van der Waals surface area contributed by atoms with Crippen LogP contribution in [0.2, 0.25) is 0 Å². The lowest BCUT2D eigenvalue weighted by Crippen LogP contribution is -2.34. The van der Waals surface area contributed by atoms with E-state index in [9.17, 15) is 19.5 Å². The molecule has 0 saturated heterocycles. The van der Waals surface area contributed by atoms with E-state index in [1.165, 1.54) is 29.9 Å². The van der Waals surface area contributed by atoms with Crippen LogP contribution < -0.4 is 10.9 Å². The lowest BCUT2D eigenvalue weighted by atomic mass is 10.1. The molecule has 2 aromatic rings. The first-order chi connectivity index (χ1) is 13.6. The SMILES string of the molecule is COC(=O)c1ccc2c(=O)n(C[C@@H](C)O)c(S[C@@H](C)C(=O)NCC(C)C)nc2c1. The zero-order chi connectivity index (χ0) is 21.7. The first-order valence-electron chi connectivity index (χ1n) is 9.39. The Balaban J connectivity index is 2.47. The molecule has 2 N–H and O–H groups in total. The van der Waals surface area contributed by atoms with E-state index in [0.29, 0.717) is 28.5 Å². The number of nitrogens with zero attached hydrogens (tertiary/aromatic N) is 2. The zero-order valence-electron chi connectivity index (χ0n) is 17.3. The summed E-state index contributed by atoms with van der Waals surface area (Å²) in [7, 11) is 1.28. The van der Waals surface area contributed by atoms with E-state index in [-0.39, 0.29) is 23.6 Å². The smallest absolute Gasteiger partial charge is 0.337 e. The minimum absolute atomic E-state index is 0.0448. The van der Waals surface area contributed by atoms with Gasteiger partial charge in [-0.05, 0) is 38.0 Å². The molecule has 8 nitrogen and oxygen atoms in total. The Morgan fingerprint density at radius 3 is 2.55 bits per heavy atom. The molecule has 0 aliphatic heterocycles. The first kappa shape index (κ1) is 22.9. The van der Waals surface area contributed by atoms with Gasteiger partial charge in [0.25, 0.3) is 5.56 Å². The van der Waals surface area contributed by atoms with Gasteiger partial charge in [0, 0.05) is 6.54 Å². The summed E-state index contributed by atoms with van der Waals surface area (Å²) in [5.74, 6) is -0.373. The molecule has 0 spiro atoms. The number of aromatic nitrogens is 2. The fourth-order valence-electron chi connectivity index (χ4n) is 2.62. The maximum Gasteiger partial charge on any atom is 0.337 e. The lowest BCUT2D eigenvalue weighted by molar-refractivity contribution is -0.120. The van der Waals surface area contributed by atoms with Crippen LogP contribution in [0.5, 0.6) is 0 Å². The van der Waals surface area contributed by atoms with Crippen molar-refractivity contribution < 1.29 is 19.4 Å². The van der Waals surface area contributed by atoms with E-state index >= 15 is 0 Å². The van der Waals surface area contributed by atoms with Crippen molar-refractivity contribution in [2.75, 3.05) is 13.7 Å². The second kappa shape index (κ2) is 9.89. The van der Waals surface area contributed by atoms with Gasteiger partial charge in [-0.1, -0.05) is 25.6 Å². The van der Waals surface area contributed by atoms with Gasteiger partial charge < -0.3 is 15.2 Å². The Bertz CT molecular complexity index is 955. The summed E-state index contributed by atoms with van der Waals surface area (Å²) in [5.41, 5.74) is 0.264. The summed E-state index contributed by atoms with van der Waals surface area (Å²) in [6.45, 7) is 7.91. The van der Waals surface area contributed by atoms with Crippen molar-refractivity contribution in [3.05, 3.63) is 34.1 Å². The first-order valence-corrected chi connectivity index (χ1v) is 10.3. The normalized spacial score (nSPS) is 13.3.